The Morgan fingerprint density at radius 3 is 2.69 bits per heavy atom. The average Bonchev–Trinajstić information content (AvgIpc) is 2.90. The Morgan fingerprint density at radius 1 is 1.27 bits per heavy atom. The normalized spacial score (nSPS) is 18.3. The number of nitrogens with one attached hydrogen (secondary N) is 1. The minimum absolute atomic E-state index is 0.0649. The van der Waals surface area contributed by atoms with Crippen LogP contribution in [-0.2, 0) is 24.2 Å². The first-order chi connectivity index (χ1) is 12.2. The average molecular weight is 424 g/mol. The van der Waals surface area contributed by atoms with Gasteiger partial charge in [-0.3, -0.25) is 9.59 Å². The van der Waals surface area contributed by atoms with Crippen LogP contribution in [0.2, 0.25) is 10.0 Å². The molecule has 1 saturated heterocycles. The van der Waals surface area contributed by atoms with Gasteiger partial charge in [0.15, 0.2) is 16.4 Å². The first kappa shape index (κ1) is 20.8. The van der Waals surface area contributed by atoms with Gasteiger partial charge in [-0.15, -0.1) is 0 Å². The molecule has 0 aromatic heterocycles. The van der Waals surface area contributed by atoms with Crippen molar-refractivity contribution in [2.45, 2.75) is 25.3 Å². The SMILES string of the molecule is O=C(COC(=O)CCCOc1ccc(Cl)cc1Cl)NC1CCS(=O)(=O)C1. The second-order valence-corrected chi connectivity index (χ2v) is 8.93. The lowest BCUT2D eigenvalue weighted by Crippen LogP contribution is -2.38. The quantitative estimate of drug-likeness (QED) is 0.506. The van der Waals surface area contributed by atoms with E-state index in [1.807, 2.05) is 0 Å². The van der Waals surface area contributed by atoms with E-state index in [1.165, 1.54) is 0 Å². The van der Waals surface area contributed by atoms with Crippen molar-refractivity contribution in [3.8, 4) is 5.75 Å². The second-order valence-electron chi connectivity index (χ2n) is 5.85. The molecule has 1 aliphatic heterocycles. The Labute approximate surface area is 161 Å². The molecule has 1 atom stereocenters. The summed E-state index contributed by atoms with van der Waals surface area (Å²) in [5, 5.41) is 3.42. The van der Waals surface area contributed by atoms with Crippen LogP contribution < -0.4 is 10.1 Å². The topological polar surface area (TPSA) is 98.8 Å². The number of hydrogen-bond donors (Lipinski definition) is 1. The molecule has 0 saturated carbocycles. The van der Waals surface area contributed by atoms with Crippen molar-refractivity contribution < 1.29 is 27.5 Å². The summed E-state index contributed by atoms with van der Waals surface area (Å²) in [6.07, 6.45) is 0.850. The predicted octanol–water partition coefficient (Wildman–Crippen LogP) is 2.00. The lowest BCUT2D eigenvalue weighted by Gasteiger charge is -2.11. The molecule has 1 aromatic carbocycles. The van der Waals surface area contributed by atoms with Crippen molar-refractivity contribution >= 4 is 44.9 Å². The van der Waals surface area contributed by atoms with Gasteiger partial charge < -0.3 is 14.8 Å². The second kappa shape index (κ2) is 9.43. The molecule has 26 heavy (non-hydrogen) atoms. The monoisotopic (exact) mass is 423 g/mol. The third-order valence-electron chi connectivity index (χ3n) is 3.64. The molecule has 1 amide bonds. The zero-order chi connectivity index (χ0) is 19.2. The summed E-state index contributed by atoms with van der Waals surface area (Å²) >= 11 is 11.7. The number of sulfone groups is 1. The maximum atomic E-state index is 11.7. The van der Waals surface area contributed by atoms with E-state index in [0.717, 1.165) is 0 Å². The molecule has 0 aliphatic carbocycles. The Balaban J connectivity index is 1.59. The minimum Gasteiger partial charge on any atom is -0.492 e. The van der Waals surface area contributed by atoms with Gasteiger partial charge in [-0.05, 0) is 31.0 Å². The maximum absolute atomic E-state index is 11.7. The summed E-state index contributed by atoms with van der Waals surface area (Å²) in [5.74, 6) is -0.586. The summed E-state index contributed by atoms with van der Waals surface area (Å²) in [4.78, 5) is 23.3. The highest BCUT2D eigenvalue weighted by atomic mass is 35.5. The number of esters is 1. The molecule has 0 bridgehead atoms. The van der Waals surface area contributed by atoms with Crippen molar-refractivity contribution in [2.24, 2.45) is 0 Å². The zero-order valence-corrected chi connectivity index (χ0v) is 16.2. The van der Waals surface area contributed by atoms with Gasteiger partial charge in [0.25, 0.3) is 5.91 Å². The largest absolute Gasteiger partial charge is 0.492 e. The van der Waals surface area contributed by atoms with E-state index < -0.39 is 34.4 Å². The summed E-state index contributed by atoms with van der Waals surface area (Å²) < 4.78 is 32.9. The van der Waals surface area contributed by atoms with Crippen LogP contribution in [0.15, 0.2) is 18.2 Å². The van der Waals surface area contributed by atoms with E-state index >= 15 is 0 Å². The Kier molecular flexibility index (Phi) is 7.55. The molecule has 1 unspecified atom stereocenters. The van der Waals surface area contributed by atoms with Gasteiger partial charge in [-0.1, -0.05) is 23.2 Å². The molecule has 10 heteroatoms. The molecule has 1 aromatic rings. The highest BCUT2D eigenvalue weighted by Crippen LogP contribution is 2.27. The van der Waals surface area contributed by atoms with Crippen LogP contribution in [0, 0.1) is 0 Å². The number of hydrogen-bond acceptors (Lipinski definition) is 6. The molecule has 0 radical (unpaired) electrons. The number of ether oxygens (including phenoxy) is 2. The van der Waals surface area contributed by atoms with Gasteiger partial charge in [-0.25, -0.2) is 8.42 Å². The fourth-order valence-corrected chi connectivity index (χ4v) is 4.52. The van der Waals surface area contributed by atoms with Crippen LogP contribution >= 0.6 is 23.2 Å². The third-order valence-corrected chi connectivity index (χ3v) is 5.94. The van der Waals surface area contributed by atoms with E-state index in [2.05, 4.69) is 5.32 Å². The molecule has 1 N–H and O–H groups in total. The first-order valence-electron chi connectivity index (χ1n) is 7.98. The van der Waals surface area contributed by atoms with Crippen molar-refractivity contribution in [1.29, 1.82) is 0 Å². The Bertz CT molecular complexity index is 768. The maximum Gasteiger partial charge on any atom is 0.306 e. The highest BCUT2D eigenvalue weighted by molar-refractivity contribution is 7.91. The molecule has 2 rings (SSSR count). The number of rotatable bonds is 8. The number of carbonyl (C=O) groups excluding carboxylic acids is 2. The smallest absolute Gasteiger partial charge is 0.306 e. The van der Waals surface area contributed by atoms with E-state index in [1.54, 1.807) is 18.2 Å². The third kappa shape index (κ3) is 7.01. The molecule has 1 fully saturated rings. The van der Waals surface area contributed by atoms with E-state index in [0.29, 0.717) is 28.6 Å². The molecular formula is C16H19Cl2NO6S. The lowest BCUT2D eigenvalue weighted by atomic mass is 10.2. The predicted molar refractivity (Wildman–Crippen MR) is 97.4 cm³/mol. The van der Waals surface area contributed by atoms with E-state index in [4.69, 9.17) is 32.7 Å². The Morgan fingerprint density at radius 2 is 2.04 bits per heavy atom. The van der Waals surface area contributed by atoms with Crippen LogP contribution in [0.1, 0.15) is 19.3 Å². The highest BCUT2D eigenvalue weighted by Gasteiger charge is 2.28. The van der Waals surface area contributed by atoms with Crippen molar-refractivity contribution in [3.05, 3.63) is 28.2 Å². The summed E-state index contributed by atoms with van der Waals surface area (Å²) in [6.45, 7) is -0.179. The van der Waals surface area contributed by atoms with Gasteiger partial charge in [0.1, 0.15) is 5.75 Å². The summed E-state index contributed by atoms with van der Waals surface area (Å²) in [5.41, 5.74) is 0. The van der Waals surface area contributed by atoms with Crippen LogP contribution in [0.4, 0.5) is 0 Å². The number of carbonyl (C=O) groups is 2. The summed E-state index contributed by atoms with van der Waals surface area (Å²) in [7, 11) is -3.07. The van der Waals surface area contributed by atoms with Crippen LogP contribution in [-0.4, -0.2) is 51.1 Å². The van der Waals surface area contributed by atoms with Crippen LogP contribution in [0.3, 0.4) is 0 Å². The molecule has 0 spiro atoms. The summed E-state index contributed by atoms with van der Waals surface area (Å²) in [6, 6.07) is 4.42. The number of halogens is 2. The van der Waals surface area contributed by atoms with Crippen LogP contribution in [0.25, 0.3) is 0 Å². The molecule has 1 heterocycles. The number of amides is 1. The van der Waals surface area contributed by atoms with Gasteiger partial charge in [0.2, 0.25) is 0 Å². The minimum atomic E-state index is -3.07. The fourth-order valence-electron chi connectivity index (χ4n) is 2.39. The van der Waals surface area contributed by atoms with E-state index in [-0.39, 0.29) is 24.5 Å². The van der Waals surface area contributed by atoms with Crippen molar-refractivity contribution in [1.82, 2.24) is 5.32 Å². The molecular weight excluding hydrogens is 405 g/mol. The lowest BCUT2D eigenvalue weighted by molar-refractivity contribution is -0.148. The first-order valence-corrected chi connectivity index (χ1v) is 10.6. The van der Waals surface area contributed by atoms with E-state index in [9.17, 15) is 18.0 Å². The van der Waals surface area contributed by atoms with Crippen LogP contribution in [0.5, 0.6) is 5.75 Å². The van der Waals surface area contributed by atoms with Gasteiger partial charge in [0.05, 0.1) is 23.1 Å². The Hall–Kier alpha value is -1.51. The van der Waals surface area contributed by atoms with Crippen molar-refractivity contribution in [3.63, 3.8) is 0 Å². The molecule has 1 aliphatic rings. The van der Waals surface area contributed by atoms with Crippen molar-refractivity contribution in [2.75, 3.05) is 24.7 Å². The zero-order valence-electron chi connectivity index (χ0n) is 13.9. The van der Waals surface area contributed by atoms with Gasteiger partial charge >= 0.3 is 5.97 Å². The van der Waals surface area contributed by atoms with Gasteiger partial charge in [-0.2, -0.15) is 0 Å². The van der Waals surface area contributed by atoms with Gasteiger partial charge in [0, 0.05) is 17.5 Å². The number of benzene rings is 1. The fraction of sp³-hybridized carbons (Fsp3) is 0.500. The molecule has 144 valence electrons. The molecule has 7 nitrogen and oxygen atoms in total. The standard InChI is InChI=1S/C16H19Cl2NO6S/c17-11-3-4-14(13(18)8-11)24-6-1-2-16(21)25-9-15(20)19-12-5-7-26(22,23)10-12/h3-4,8,12H,1-2,5-7,9-10H2,(H,19,20).